The van der Waals surface area contributed by atoms with Crippen molar-refractivity contribution in [2.75, 3.05) is 46.5 Å². The van der Waals surface area contributed by atoms with Gasteiger partial charge in [0.1, 0.15) is 5.58 Å². The molecule has 0 bridgehead atoms. The smallest absolute Gasteiger partial charge is 0.337 e. The fraction of sp³-hybridized carbons (Fsp3) is 0.320. The summed E-state index contributed by atoms with van der Waals surface area (Å²) in [5.41, 5.74) is 1.40. The van der Waals surface area contributed by atoms with Crippen molar-refractivity contribution in [3.63, 3.8) is 0 Å². The molecule has 34 heavy (non-hydrogen) atoms. The van der Waals surface area contributed by atoms with E-state index in [1.165, 1.54) is 7.11 Å². The number of esters is 1. The molecule has 1 atom stereocenters. The van der Waals surface area contributed by atoms with E-state index in [-0.39, 0.29) is 22.7 Å². The first-order valence-corrected chi connectivity index (χ1v) is 11.4. The Bertz CT molecular complexity index is 1310. The van der Waals surface area contributed by atoms with E-state index in [0.717, 1.165) is 13.1 Å². The van der Waals surface area contributed by atoms with Crippen LogP contribution in [0.5, 0.6) is 0 Å². The Labute approximate surface area is 200 Å². The molecular weight excluding hydrogens is 460 g/mol. The Morgan fingerprint density at radius 1 is 1.09 bits per heavy atom. The molecule has 3 heterocycles. The number of amides is 1. The number of morpholine rings is 1. The quantitative estimate of drug-likeness (QED) is 0.516. The zero-order valence-corrected chi connectivity index (χ0v) is 19.3. The van der Waals surface area contributed by atoms with Crippen molar-refractivity contribution in [2.24, 2.45) is 0 Å². The summed E-state index contributed by atoms with van der Waals surface area (Å²) < 4.78 is 16.1. The van der Waals surface area contributed by atoms with Crippen molar-refractivity contribution < 1.29 is 23.5 Å². The van der Waals surface area contributed by atoms with Gasteiger partial charge in [0.15, 0.2) is 5.43 Å². The van der Waals surface area contributed by atoms with Crippen LogP contribution in [0.3, 0.4) is 0 Å². The molecule has 9 heteroatoms. The Kier molecular flexibility index (Phi) is 6.12. The van der Waals surface area contributed by atoms with Gasteiger partial charge in [-0.2, -0.15) is 0 Å². The van der Waals surface area contributed by atoms with Gasteiger partial charge in [0.05, 0.1) is 42.9 Å². The minimum Gasteiger partial charge on any atom is -0.465 e. The van der Waals surface area contributed by atoms with Gasteiger partial charge in [0.2, 0.25) is 5.76 Å². The highest BCUT2D eigenvalue weighted by Crippen LogP contribution is 2.38. The summed E-state index contributed by atoms with van der Waals surface area (Å²) in [7, 11) is 1.32. The number of fused-ring (bicyclic) bond motifs is 2. The van der Waals surface area contributed by atoms with Crippen molar-refractivity contribution in [3.05, 3.63) is 80.2 Å². The summed E-state index contributed by atoms with van der Waals surface area (Å²) in [6.45, 7) is 3.92. The van der Waals surface area contributed by atoms with Gasteiger partial charge >= 0.3 is 5.97 Å². The zero-order chi connectivity index (χ0) is 23.8. The van der Waals surface area contributed by atoms with Crippen LogP contribution in [0.15, 0.2) is 51.7 Å². The molecule has 2 aliphatic rings. The summed E-state index contributed by atoms with van der Waals surface area (Å²) in [5, 5.41) is 0.734. The maximum absolute atomic E-state index is 13.6. The summed E-state index contributed by atoms with van der Waals surface area (Å²) in [5.74, 6) is -0.748. The second-order valence-electron chi connectivity index (χ2n) is 8.28. The molecule has 2 aliphatic heterocycles. The van der Waals surface area contributed by atoms with Gasteiger partial charge in [0, 0.05) is 31.2 Å². The highest BCUT2D eigenvalue weighted by Gasteiger charge is 2.42. The molecule has 1 fully saturated rings. The van der Waals surface area contributed by atoms with E-state index in [0.29, 0.717) is 53.4 Å². The van der Waals surface area contributed by atoms with E-state index < -0.39 is 12.0 Å². The summed E-state index contributed by atoms with van der Waals surface area (Å²) in [4.78, 5) is 42.8. The summed E-state index contributed by atoms with van der Waals surface area (Å²) >= 11 is 6.13. The molecule has 0 saturated carbocycles. The van der Waals surface area contributed by atoms with E-state index in [9.17, 15) is 14.4 Å². The predicted octanol–water partition coefficient (Wildman–Crippen LogP) is 3.11. The van der Waals surface area contributed by atoms with E-state index in [1.807, 2.05) is 0 Å². The van der Waals surface area contributed by atoms with Crippen LogP contribution < -0.4 is 5.43 Å². The number of hydrogen-bond acceptors (Lipinski definition) is 7. The van der Waals surface area contributed by atoms with Gasteiger partial charge in [-0.3, -0.25) is 14.5 Å². The lowest BCUT2D eigenvalue weighted by Gasteiger charge is -2.31. The average molecular weight is 483 g/mol. The second-order valence-corrected chi connectivity index (χ2v) is 8.72. The van der Waals surface area contributed by atoms with Gasteiger partial charge in [0.25, 0.3) is 5.91 Å². The summed E-state index contributed by atoms with van der Waals surface area (Å²) in [6, 6.07) is 10.9. The average Bonchev–Trinajstić information content (AvgIpc) is 3.15. The number of halogens is 1. The molecule has 0 spiro atoms. The maximum atomic E-state index is 13.6. The number of methoxy groups -OCH3 is 1. The first-order chi connectivity index (χ1) is 16.5. The molecule has 1 saturated heterocycles. The molecule has 1 aromatic heterocycles. The lowest BCUT2D eigenvalue weighted by Crippen LogP contribution is -2.42. The molecule has 8 nitrogen and oxygen atoms in total. The second kappa shape index (κ2) is 9.21. The van der Waals surface area contributed by atoms with Crippen molar-refractivity contribution in [1.82, 2.24) is 9.80 Å². The lowest BCUT2D eigenvalue weighted by molar-refractivity contribution is 0.0314. The largest absolute Gasteiger partial charge is 0.465 e. The molecule has 0 radical (unpaired) electrons. The predicted molar refractivity (Wildman–Crippen MR) is 125 cm³/mol. The SMILES string of the molecule is COC(=O)c1ccc([C@@H]2c3c(oc4ccc(Cl)cc4c3=O)C(=O)N2CCN2CCOCC2)cc1. The zero-order valence-electron chi connectivity index (χ0n) is 18.6. The van der Waals surface area contributed by atoms with E-state index >= 15 is 0 Å². The number of hydrogen-bond donors (Lipinski definition) is 0. The molecule has 0 unspecified atom stereocenters. The molecule has 0 N–H and O–H groups in total. The minimum atomic E-state index is -0.644. The number of nitrogens with zero attached hydrogens (tertiary/aromatic N) is 2. The van der Waals surface area contributed by atoms with Crippen LogP contribution in [-0.4, -0.2) is 68.2 Å². The van der Waals surface area contributed by atoms with Crippen LogP contribution in [0, 0.1) is 0 Å². The van der Waals surface area contributed by atoms with Crippen LogP contribution in [0.1, 0.15) is 38.1 Å². The van der Waals surface area contributed by atoms with Gasteiger partial charge in [-0.1, -0.05) is 23.7 Å². The Balaban J connectivity index is 1.59. The molecule has 176 valence electrons. The first-order valence-electron chi connectivity index (χ1n) is 11.0. The van der Waals surface area contributed by atoms with Gasteiger partial charge in [-0.15, -0.1) is 0 Å². The van der Waals surface area contributed by atoms with E-state index in [1.54, 1.807) is 47.4 Å². The molecule has 5 rings (SSSR count). The number of ether oxygens (including phenoxy) is 2. The maximum Gasteiger partial charge on any atom is 0.337 e. The third-order valence-electron chi connectivity index (χ3n) is 6.34. The van der Waals surface area contributed by atoms with Gasteiger partial charge in [-0.05, 0) is 35.9 Å². The number of carbonyl (C=O) groups excluding carboxylic acids is 2. The number of benzene rings is 2. The topological polar surface area (TPSA) is 89.3 Å². The van der Waals surface area contributed by atoms with E-state index in [2.05, 4.69) is 4.90 Å². The third kappa shape index (κ3) is 3.98. The van der Waals surface area contributed by atoms with E-state index in [4.69, 9.17) is 25.5 Å². The normalized spacial score (nSPS) is 18.4. The Hall–Kier alpha value is -3.20. The Morgan fingerprint density at radius 2 is 1.82 bits per heavy atom. The lowest BCUT2D eigenvalue weighted by atomic mass is 9.97. The molecule has 0 aliphatic carbocycles. The number of carbonyl (C=O) groups is 2. The Morgan fingerprint density at radius 3 is 2.53 bits per heavy atom. The van der Waals surface area contributed by atoms with Crippen molar-refractivity contribution in [3.8, 4) is 0 Å². The number of rotatable bonds is 5. The molecule has 1 amide bonds. The summed E-state index contributed by atoms with van der Waals surface area (Å²) in [6.07, 6.45) is 0. The van der Waals surface area contributed by atoms with Crippen molar-refractivity contribution in [1.29, 1.82) is 0 Å². The highest BCUT2D eigenvalue weighted by atomic mass is 35.5. The molecular formula is C25H23ClN2O6. The van der Waals surface area contributed by atoms with Gasteiger partial charge < -0.3 is 18.8 Å². The van der Waals surface area contributed by atoms with Crippen LogP contribution in [-0.2, 0) is 9.47 Å². The molecule has 3 aromatic rings. The molecule has 2 aromatic carbocycles. The van der Waals surface area contributed by atoms with Crippen LogP contribution >= 0.6 is 11.6 Å². The fourth-order valence-electron chi connectivity index (χ4n) is 4.56. The minimum absolute atomic E-state index is 0.0452. The van der Waals surface area contributed by atoms with Gasteiger partial charge in [-0.25, -0.2) is 4.79 Å². The van der Waals surface area contributed by atoms with Crippen LogP contribution in [0.2, 0.25) is 5.02 Å². The first kappa shape index (κ1) is 22.6. The van der Waals surface area contributed by atoms with Crippen molar-refractivity contribution in [2.45, 2.75) is 6.04 Å². The highest BCUT2D eigenvalue weighted by molar-refractivity contribution is 6.31. The van der Waals surface area contributed by atoms with Crippen molar-refractivity contribution >= 4 is 34.4 Å². The van der Waals surface area contributed by atoms with Crippen LogP contribution in [0.4, 0.5) is 0 Å². The monoisotopic (exact) mass is 482 g/mol. The standard InChI is InChI=1S/C25H23ClN2O6/c1-32-25(31)16-4-2-15(3-5-16)21-20-22(29)18-14-17(26)6-7-19(18)34-23(20)24(30)28(21)9-8-27-10-12-33-13-11-27/h2-7,14,21H,8-13H2,1H3/t21-/m1/s1. The third-order valence-corrected chi connectivity index (χ3v) is 6.57. The fourth-order valence-corrected chi connectivity index (χ4v) is 4.74. The van der Waals surface area contributed by atoms with Crippen LogP contribution in [0.25, 0.3) is 11.0 Å².